The van der Waals surface area contributed by atoms with Crippen LogP contribution in [0.2, 0.25) is 0 Å². The second kappa shape index (κ2) is 6.81. The number of anilines is 1. The summed E-state index contributed by atoms with van der Waals surface area (Å²) in [4.78, 5) is 23.2. The van der Waals surface area contributed by atoms with Gasteiger partial charge in [-0.3, -0.25) is 10.1 Å². The Hall–Kier alpha value is -2.04. The third-order valence-electron chi connectivity index (χ3n) is 3.18. The molecule has 22 heavy (non-hydrogen) atoms. The molecule has 0 aliphatic rings. The van der Waals surface area contributed by atoms with Gasteiger partial charge >= 0.3 is 12.1 Å². The van der Waals surface area contributed by atoms with Gasteiger partial charge in [0.15, 0.2) is 0 Å². The molecule has 0 saturated carbocycles. The Labute approximate surface area is 131 Å². The van der Waals surface area contributed by atoms with Crippen molar-refractivity contribution in [1.82, 2.24) is 0 Å². The van der Waals surface area contributed by atoms with Crippen LogP contribution in [0.25, 0.3) is 0 Å². The van der Waals surface area contributed by atoms with Crippen molar-refractivity contribution in [3.8, 4) is 0 Å². The summed E-state index contributed by atoms with van der Waals surface area (Å²) in [6, 6.07) is 5.25. The summed E-state index contributed by atoms with van der Waals surface area (Å²) >= 11 is 0. The third kappa shape index (κ3) is 5.06. The van der Waals surface area contributed by atoms with E-state index in [0.29, 0.717) is 5.69 Å². The summed E-state index contributed by atoms with van der Waals surface area (Å²) in [5.41, 5.74) is 1.58. The number of aryl methyl sites for hydroxylation is 1. The molecule has 1 aromatic carbocycles. The van der Waals surface area contributed by atoms with E-state index in [-0.39, 0.29) is 5.92 Å². The van der Waals surface area contributed by atoms with Gasteiger partial charge in [-0.25, -0.2) is 4.79 Å². The number of amides is 1. The van der Waals surface area contributed by atoms with E-state index in [2.05, 4.69) is 5.32 Å². The van der Waals surface area contributed by atoms with Crippen molar-refractivity contribution in [2.24, 2.45) is 5.92 Å². The molecule has 122 valence electrons. The Morgan fingerprint density at radius 1 is 1.23 bits per heavy atom. The Morgan fingerprint density at radius 3 is 2.23 bits per heavy atom. The van der Waals surface area contributed by atoms with Crippen LogP contribution in [0.5, 0.6) is 0 Å². The van der Waals surface area contributed by atoms with E-state index in [4.69, 9.17) is 4.74 Å². The average molecular weight is 307 g/mol. The summed E-state index contributed by atoms with van der Waals surface area (Å²) in [5, 5.41) is 12.0. The summed E-state index contributed by atoms with van der Waals surface area (Å²) in [6.45, 7) is 11.0. The fourth-order valence-corrected chi connectivity index (χ4v) is 2.25. The maximum absolute atomic E-state index is 11.8. The van der Waals surface area contributed by atoms with Gasteiger partial charge in [0.25, 0.3) is 0 Å². The molecule has 0 heterocycles. The van der Waals surface area contributed by atoms with E-state index in [1.807, 2.05) is 20.8 Å². The molecule has 0 saturated heterocycles. The Morgan fingerprint density at radius 2 is 1.82 bits per heavy atom. The number of rotatable bonds is 4. The van der Waals surface area contributed by atoms with Crippen molar-refractivity contribution in [2.45, 2.75) is 53.1 Å². The van der Waals surface area contributed by atoms with E-state index >= 15 is 0 Å². The minimum atomic E-state index is -0.845. The molecular formula is C17H25NO4. The second-order valence-electron chi connectivity index (χ2n) is 6.76. The molecule has 1 atom stereocenters. The monoisotopic (exact) mass is 307 g/mol. The van der Waals surface area contributed by atoms with Crippen molar-refractivity contribution >= 4 is 17.7 Å². The van der Waals surface area contributed by atoms with E-state index < -0.39 is 23.6 Å². The molecule has 5 heteroatoms. The molecule has 0 spiro atoms. The fraction of sp³-hybridized carbons (Fsp3) is 0.529. The maximum atomic E-state index is 11.8. The third-order valence-corrected chi connectivity index (χ3v) is 3.18. The van der Waals surface area contributed by atoms with Crippen LogP contribution in [0, 0.1) is 12.8 Å². The van der Waals surface area contributed by atoms with Gasteiger partial charge in [-0.1, -0.05) is 26.0 Å². The molecule has 0 radical (unpaired) electrons. The minimum Gasteiger partial charge on any atom is -0.481 e. The smallest absolute Gasteiger partial charge is 0.412 e. The molecule has 1 aromatic rings. The zero-order valence-corrected chi connectivity index (χ0v) is 14.1. The van der Waals surface area contributed by atoms with E-state index in [9.17, 15) is 14.7 Å². The molecule has 1 unspecified atom stereocenters. The summed E-state index contributed by atoms with van der Waals surface area (Å²) in [5.74, 6) is -1.42. The second-order valence-corrected chi connectivity index (χ2v) is 6.76. The number of benzene rings is 1. The first-order valence-electron chi connectivity index (χ1n) is 7.34. The van der Waals surface area contributed by atoms with Crippen LogP contribution in [0.3, 0.4) is 0 Å². The average Bonchev–Trinajstić information content (AvgIpc) is 2.29. The van der Waals surface area contributed by atoms with Crippen LogP contribution < -0.4 is 5.32 Å². The van der Waals surface area contributed by atoms with Gasteiger partial charge in [0, 0.05) is 5.69 Å². The standard InChI is InChI=1S/C17H25NO4/c1-10(2)14(15(19)20)12-7-8-13(11(3)9-12)18-16(21)22-17(4,5)6/h7-10,14H,1-6H3,(H,18,21)(H,19,20). The van der Waals surface area contributed by atoms with Gasteiger partial charge in [0.1, 0.15) is 5.60 Å². The highest BCUT2D eigenvalue weighted by molar-refractivity contribution is 5.86. The number of hydrogen-bond donors (Lipinski definition) is 2. The number of carbonyl (C=O) groups is 2. The first-order valence-corrected chi connectivity index (χ1v) is 7.34. The molecular weight excluding hydrogens is 282 g/mol. The van der Waals surface area contributed by atoms with E-state index in [1.165, 1.54) is 0 Å². The molecule has 0 aliphatic carbocycles. The maximum Gasteiger partial charge on any atom is 0.412 e. The highest BCUT2D eigenvalue weighted by Crippen LogP contribution is 2.28. The Bertz CT molecular complexity index is 558. The zero-order chi connectivity index (χ0) is 17.1. The minimum absolute atomic E-state index is 0.0124. The number of ether oxygens (including phenoxy) is 1. The first kappa shape index (κ1) is 18.0. The summed E-state index contributed by atoms with van der Waals surface area (Å²) in [6.07, 6.45) is -0.526. The number of carboxylic acid groups (broad SMARTS) is 1. The number of nitrogens with one attached hydrogen (secondary N) is 1. The SMILES string of the molecule is Cc1cc(C(C(=O)O)C(C)C)ccc1NC(=O)OC(C)(C)C. The number of carboxylic acids is 1. The molecule has 1 rings (SSSR count). The topological polar surface area (TPSA) is 75.6 Å². The van der Waals surface area contributed by atoms with Crippen molar-refractivity contribution in [2.75, 3.05) is 5.32 Å². The zero-order valence-electron chi connectivity index (χ0n) is 14.1. The molecule has 0 bridgehead atoms. The lowest BCUT2D eigenvalue weighted by Gasteiger charge is -2.21. The number of hydrogen-bond acceptors (Lipinski definition) is 3. The lowest BCUT2D eigenvalue weighted by atomic mass is 9.87. The first-order chi connectivity index (χ1) is 10.0. The molecule has 0 fully saturated rings. The van der Waals surface area contributed by atoms with Crippen LogP contribution in [0.1, 0.15) is 51.7 Å². The highest BCUT2D eigenvalue weighted by Gasteiger charge is 2.24. The molecule has 2 N–H and O–H groups in total. The van der Waals surface area contributed by atoms with Crippen LogP contribution in [-0.2, 0) is 9.53 Å². The van der Waals surface area contributed by atoms with Crippen molar-refractivity contribution in [1.29, 1.82) is 0 Å². The largest absolute Gasteiger partial charge is 0.481 e. The van der Waals surface area contributed by atoms with Crippen molar-refractivity contribution in [3.05, 3.63) is 29.3 Å². The lowest BCUT2D eigenvalue weighted by Crippen LogP contribution is -2.27. The van der Waals surface area contributed by atoms with Gasteiger partial charge in [0.05, 0.1) is 5.92 Å². The predicted octanol–water partition coefficient (Wildman–Crippen LogP) is 4.17. The predicted molar refractivity (Wildman–Crippen MR) is 86.3 cm³/mol. The van der Waals surface area contributed by atoms with Crippen LogP contribution in [-0.4, -0.2) is 22.8 Å². The normalized spacial score (nSPS) is 12.9. The van der Waals surface area contributed by atoms with Crippen LogP contribution >= 0.6 is 0 Å². The Kier molecular flexibility index (Phi) is 5.58. The van der Waals surface area contributed by atoms with Crippen molar-refractivity contribution < 1.29 is 19.4 Å². The van der Waals surface area contributed by atoms with Gasteiger partial charge in [-0.05, 0) is 50.8 Å². The van der Waals surface area contributed by atoms with Gasteiger partial charge in [-0.15, -0.1) is 0 Å². The Balaban J connectivity index is 2.95. The van der Waals surface area contributed by atoms with Gasteiger partial charge in [-0.2, -0.15) is 0 Å². The number of carbonyl (C=O) groups excluding carboxylic acids is 1. The summed E-state index contributed by atoms with van der Waals surface area (Å²) < 4.78 is 5.21. The molecule has 1 amide bonds. The van der Waals surface area contributed by atoms with Crippen LogP contribution in [0.15, 0.2) is 18.2 Å². The van der Waals surface area contributed by atoms with Crippen LogP contribution in [0.4, 0.5) is 10.5 Å². The number of aliphatic carboxylic acids is 1. The fourth-order valence-electron chi connectivity index (χ4n) is 2.25. The van der Waals surface area contributed by atoms with Gasteiger partial charge in [0.2, 0.25) is 0 Å². The van der Waals surface area contributed by atoms with Gasteiger partial charge < -0.3 is 9.84 Å². The lowest BCUT2D eigenvalue weighted by molar-refractivity contribution is -0.139. The van der Waals surface area contributed by atoms with E-state index in [1.54, 1.807) is 39.0 Å². The van der Waals surface area contributed by atoms with E-state index in [0.717, 1.165) is 11.1 Å². The highest BCUT2D eigenvalue weighted by atomic mass is 16.6. The summed E-state index contributed by atoms with van der Waals surface area (Å²) in [7, 11) is 0. The van der Waals surface area contributed by atoms with Crippen molar-refractivity contribution in [3.63, 3.8) is 0 Å². The molecule has 0 aliphatic heterocycles. The molecule has 0 aromatic heterocycles. The molecule has 5 nitrogen and oxygen atoms in total. The quantitative estimate of drug-likeness (QED) is 0.875.